The van der Waals surface area contributed by atoms with Crippen molar-refractivity contribution in [2.45, 2.75) is 49.9 Å². The number of hydrogen-bond acceptors (Lipinski definition) is 5. The zero-order valence-electron chi connectivity index (χ0n) is 19.0. The van der Waals surface area contributed by atoms with Crippen molar-refractivity contribution in [3.63, 3.8) is 0 Å². The van der Waals surface area contributed by atoms with Crippen LogP contribution in [0.25, 0.3) is 0 Å². The molecule has 3 aliphatic rings. The van der Waals surface area contributed by atoms with Crippen molar-refractivity contribution in [3.05, 3.63) is 29.8 Å². The van der Waals surface area contributed by atoms with Crippen molar-refractivity contribution in [1.82, 2.24) is 15.1 Å². The number of nitrogens with one attached hydrogen (secondary N) is 1. The highest BCUT2D eigenvalue weighted by Crippen LogP contribution is 2.33. The molecule has 1 aromatic carbocycles. The molecule has 2 saturated heterocycles. The number of anilines is 1. The fourth-order valence-corrected chi connectivity index (χ4v) is 5.98. The van der Waals surface area contributed by atoms with Crippen LogP contribution in [-0.4, -0.2) is 76.1 Å². The van der Waals surface area contributed by atoms with Gasteiger partial charge in [0.1, 0.15) is 0 Å². The second-order valence-corrected chi connectivity index (χ2v) is 10.8. The number of amides is 2. The van der Waals surface area contributed by atoms with Crippen molar-refractivity contribution in [3.8, 4) is 0 Å². The third-order valence-corrected chi connectivity index (χ3v) is 8.14. The van der Waals surface area contributed by atoms with Crippen molar-refractivity contribution >= 4 is 56.5 Å². The molecule has 9 heteroatoms. The second kappa shape index (κ2) is 10.5. The molecule has 2 heterocycles. The number of nitrogens with zero attached hydrogens (tertiary/aromatic N) is 3. The van der Waals surface area contributed by atoms with E-state index in [0.717, 1.165) is 38.0 Å². The summed E-state index contributed by atoms with van der Waals surface area (Å²) in [6.07, 6.45) is 3.85. The molecule has 2 amide bonds. The average molecular weight is 536 g/mol. The first-order valence-electron chi connectivity index (χ1n) is 11.7. The van der Waals surface area contributed by atoms with Gasteiger partial charge in [0, 0.05) is 61.3 Å². The van der Waals surface area contributed by atoms with Crippen LogP contribution in [0.1, 0.15) is 49.4 Å². The number of benzene rings is 1. The van der Waals surface area contributed by atoms with Gasteiger partial charge >= 0.3 is 0 Å². The zero-order chi connectivity index (χ0) is 23.5. The first kappa shape index (κ1) is 24.1. The van der Waals surface area contributed by atoms with E-state index >= 15 is 0 Å². The molecule has 1 aliphatic carbocycles. The maximum Gasteiger partial charge on any atom is 0.233 e. The maximum atomic E-state index is 13.0. The molecule has 3 fully saturated rings. The van der Waals surface area contributed by atoms with Gasteiger partial charge in [-0.05, 0) is 69.1 Å². The predicted molar refractivity (Wildman–Crippen MR) is 136 cm³/mol. The summed E-state index contributed by atoms with van der Waals surface area (Å²) in [6, 6.07) is 7.78. The lowest BCUT2D eigenvalue weighted by atomic mass is 9.82. The lowest BCUT2D eigenvalue weighted by Crippen LogP contribution is -2.61. The van der Waals surface area contributed by atoms with Crippen LogP contribution >= 0.6 is 28.1 Å². The number of ketones is 1. The number of thiocarbonyl (C=S) groups is 1. The highest BCUT2D eigenvalue weighted by molar-refractivity contribution is 9.09. The molecule has 3 unspecified atom stereocenters. The van der Waals surface area contributed by atoms with E-state index in [0.29, 0.717) is 48.0 Å². The molecule has 7 nitrogen and oxygen atoms in total. The number of rotatable bonds is 6. The van der Waals surface area contributed by atoms with Crippen LogP contribution in [-0.2, 0) is 9.59 Å². The molecule has 0 aromatic heterocycles. The van der Waals surface area contributed by atoms with Crippen molar-refractivity contribution in [1.29, 1.82) is 0 Å². The van der Waals surface area contributed by atoms with Crippen LogP contribution in [0, 0.1) is 5.92 Å². The molecule has 1 N–H and O–H groups in total. The lowest BCUT2D eigenvalue weighted by molar-refractivity contribution is -0.136. The Hall–Kier alpha value is -2.00. The van der Waals surface area contributed by atoms with E-state index in [-0.39, 0.29) is 29.6 Å². The van der Waals surface area contributed by atoms with Crippen molar-refractivity contribution < 1.29 is 14.4 Å². The number of hydrogen-bond donors (Lipinski definition) is 1. The first-order chi connectivity index (χ1) is 15.8. The Morgan fingerprint density at radius 1 is 1.12 bits per heavy atom. The summed E-state index contributed by atoms with van der Waals surface area (Å²) in [6.45, 7) is 4.92. The Bertz CT molecular complexity index is 917. The van der Waals surface area contributed by atoms with Gasteiger partial charge in [0.15, 0.2) is 10.9 Å². The molecule has 1 saturated carbocycles. The topological polar surface area (TPSA) is 73.0 Å². The fourth-order valence-electron chi connectivity index (χ4n) is 4.98. The van der Waals surface area contributed by atoms with E-state index in [9.17, 15) is 14.4 Å². The van der Waals surface area contributed by atoms with Gasteiger partial charge in [-0.1, -0.05) is 15.9 Å². The Balaban J connectivity index is 1.22. The normalized spacial score (nSPS) is 25.5. The third kappa shape index (κ3) is 5.57. The first-order valence-corrected chi connectivity index (χ1v) is 13.1. The zero-order valence-corrected chi connectivity index (χ0v) is 21.4. The molecule has 2 aliphatic heterocycles. The Kier molecular flexibility index (Phi) is 7.69. The standard InChI is InChI=1S/C24H31BrN4O3S/c1-16(30)17-4-7-19(8-5-17)27-11-13-28(14-12-27)22(31)3-2-10-29-23(32)20-15-18(25)6-9-21(20)26-24(29)33/h4-5,7-8,18,20-21H,2-3,6,9-15H2,1H3,(H,26,33). The number of halogens is 1. The number of piperazine rings is 1. The molecule has 0 bridgehead atoms. The van der Waals surface area contributed by atoms with E-state index in [1.165, 1.54) is 0 Å². The number of Topliss-reactive ketones (excluding diaryl/α,β-unsaturated/α-hetero) is 1. The monoisotopic (exact) mass is 534 g/mol. The minimum atomic E-state index is -0.0388. The largest absolute Gasteiger partial charge is 0.368 e. The smallest absolute Gasteiger partial charge is 0.233 e. The summed E-state index contributed by atoms with van der Waals surface area (Å²) in [7, 11) is 0. The highest BCUT2D eigenvalue weighted by Gasteiger charge is 2.42. The van der Waals surface area contributed by atoms with Crippen LogP contribution in [0.5, 0.6) is 0 Å². The number of alkyl halides is 1. The summed E-state index contributed by atoms with van der Waals surface area (Å²) in [5, 5.41) is 3.85. The molecule has 178 valence electrons. The molecule has 0 radical (unpaired) electrons. The molecular weight excluding hydrogens is 504 g/mol. The Morgan fingerprint density at radius 3 is 2.48 bits per heavy atom. The molecule has 0 spiro atoms. The van der Waals surface area contributed by atoms with Crippen LogP contribution in [0.4, 0.5) is 5.69 Å². The van der Waals surface area contributed by atoms with Crippen LogP contribution in [0.3, 0.4) is 0 Å². The van der Waals surface area contributed by atoms with Gasteiger partial charge in [-0.15, -0.1) is 0 Å². The van der Waals surface area contributed by atoms with Crippen LogP contribution in [0.15, 0.2) is 24.3 Å². The van der Waals surface area contributed by atoms with Crippen LogP contribution in [0.2, 0.25) is 0 Å². The summed E-state index contributed by atoms with van der Waals surface area (Å²) in [5.74, 6) is 0.250. The summed E-state index contributed by atoms with van der Waals surface area (Å²) < 4.78 is 0. The van der Waals surface area contributed by atoms with E-state index in [2.05, 4.69) is 26.1 Å². The SMILES string of the molecule is CC(=O)c1ccc(N2CCN(C(=O)CCCN3C(=O)C4CC(Br)CCC4NC3=S)CC2)cc1. The molecule has 1 aromatic rings. The fraction of sp³-hybridized carbons (Fsp3) is 0.583. The number of carbonyl (C=O) groups excluding carboxylic acids is 3. The second-order valence-electron chi connectivity index (χ2n) is 9.14. The van der Waals surface area contributed by atoms with E-state index in [4.69, 9.17) is 12.2 Å². The van der Waals surface area contributed by atoms with Gasteiger partial charge < -0.3 is 15.1 Å². The molecule has 3 atom stereocenters. The van der Waals surface area contributed by atoms with Gasteiger partial charge in [-0.2, -0.15) is 0 Å². The summed E-state index contributed by atoms with van der Waals surface area (Å²) in [5.41, 5.74) is 1.78. The lowest BCUT2D eigenvalue weighted by Gasteiger charge is -2.43. The summed E-state index contributed by atoms with van der Waals surface area (Å²) in [4.78, 5) is 43.4. The van der Waals surface area contributed by atoms with Crippen molar-refractivity contribution in [2.75, 3.05) is 37.6 Å². The van der Waals surface area contributed by atoms with E-state index < -0.39 is 0 Å². The third-order valence-electron chi connectivity index (χ3n) is 6.97. The maximum absolute atomic E-state index is 13.0. The minimum Gasteiger partial charge on any atom is -0.368 e. The predicted octanol–water partition coefficient (Wildman–Crippen LogP) is 2.97. The van der Waals surface area contributed by atoms with E-state index in [1.807, 2.05) is 29.2 Å². The van der Waals surface area contributed by atoms with Crippen LogP contribution < -0.4 is 10.2 Å². The van der Waals surface area contributed by atoms with Gasteiger partial charge in [-0.3, -0.25) is 19.3 Å². The Morgan fingerprint density at radius 2 is 1.82 bits per heavy atom. The van der Waals surface area contributed by atoms with Gasteiger partial charge in [0.05, 0.1) is 5.92 Å². The van der Waals surface area contributed by atoms with Gasteiger partial charge in [0.2, 0.25) is 11.8 Å². The number of fused-ring (bicyclic) bond motifs is 1. The minimum absolute atomic E-state index is 0.0388. The van der Waals surface area contributed by atoms with E-state index in [1.54, 1.807) is 11.8 Å². The highest BCUT2D eigenvalue weighted by atomic mass is 79.9. The summed E-state index contributed by atoms with van der Waals surface area (Å²) >= 11 is 9.11. The quantitative estimate of drug-likeness (QED) is 0.343. The van der Waals surface area contributed by atoms with Gasteiger partial charge in [-0.25, -0.2) is 0 Å². The number of carbonyl (C=O) groups is 3. The molecule has 33 heavy (non-hydrogen) atoms. The molecule has 4 rings (SSSR count). The van der Waals surface area contributed by atoms with Crippen molar-refractivity contribution in [2.24, 2.45) is 5.92 Å². The molecular formula is C24H31BrN4O3S. The van der Waals surface area contributed by atoms with Gasteiger partial charge in [0.25, 0.3) is 0 Å². The average Bonchev–Trinajstić information content (AvgIpc) is 2.82. The Labute approximate surface area is 209 Å².